The van der Waals surface area contributed by atoms with E-state index in [9.17, 15) is 0 Å². The Balaban J connectivity index is 1.66. The molecule has 4 heteroatoms. The van der Waals surface area contributed by atoms with Crippen LogP contribution in [0.3, 0.4) is 0 Å². The Morgan fingerprint density at radius 1 is 1.38 bits per heavy atom. The molecule has 21 heavy (non-hydrogen) atoms. The molecule has 0 unspecified atom stereocenters. The van der Waals surface area contributed by atoms with Crippen molar-refractivity contribution in [3.8, 4) is 5.75 Å². The van der Waals surface area contributed by atoms with Gasteiger partial charge in [-0.25, -0.2) is 0 Å². The molecule has 0 radical (unpaired) electrons. The Bertz CT molecular complexity index is 492. The summed E-state index contributed by atoms with van der Waals surface area (Å²) in [6.45, 7) is 7.21. The molecular weight excluding hydrogens is 268 g/mol. The zero-order valence-electron chi connectivity index (χ0n) is 12.6. The van der Waals surface area contributed by atoms with Gasteiger partial charge in [0.1, 0.15) is 23.6 Å². The van der Waals surface area contributed by atoms with Gasteiger partial charge in [-0.05, 0) is 24.6 Å². The maximum Gasteiger partial charge on any atom is 0.123 e. The fourth-order valence-corrected chi connectivity index (χ4v) is 3.00. The number of epoxide rings is 1. The lowest BCUT2D eigenvalue weighted by Gasteiger charge is -2.38. The van der Waals surface area contributed by atoms with Gasteiger partial charge in [0.05, 0.1) is 26.4 Å². The van der Waals surface area contributed by atoms with Gasteiger partial charge >= 0.3 is 0 Å². The van der Waals surface area contributed by atoms with E-state index >= 15 is 0 Å². The SMILES string of the molecule is C=C[C@H]1O[C@H](C)C[C@@]2(CO2)[C@@H]1OCc1ccc(OC)cc1. The monoisotopic (exact) mass is 290 g/mol. The van der Waals surface area contributed by atoms with Crippen LogP contribution < -0.4 is 4.74 Å². The van der Waals surface area contributed by atoms with E-state index in [-0.39, 0.29) is 23.9 Å². The average molecular weight is 290 g/mol. The van der Waals surface area contributed by atoms with E-state index in [1.54, 1.807) is 7.11 Å². The second kappa shape index (κ2) is 5.79. The molecule has 0 aliphatic carbocycles. The number of rotatable bonds is 5. The molecule has 0 amide bonds. The summed E-state index contributed by atoms with van der Waals surface area (Å²) in [5, 5.41) is 0. The van der Waals surface area contributed by atoms with Gasteiger partial charge in [-0.2, -0.15) is 0 Å². The Labute approximate surface area is 125 Å². The second-order valence-corrected chi connectivity index (χ2v) is 5.78. The third-order valence-corrected chi connectivity index (χ3v) is 4.18. The van der Waals surface area contributed by atoms with Crippen LogP contribution in [-0.4, -0.2) is 37.6 Å². The maximum absolute atomic E-state index is 6.11. The third-order valence-electron chi connectivity index (χ3n) is 4.18. The summed E-state index contributed by atoms with van der Waals surface area (Å²) >= 11 is 0. The number of methoxy groups -OCH3 is 1. The van der Waals surface area contributed by atoms with Crippen molar-refractivity contribution < 1.29 is 18.9 Å². The number of benzene rings is 1. The van der Waals surface area contributed by atoms with E-state index in [0.717, 1.165) is 24.3 Å². The molecule has 2 heterocycles. The van der Waals surface area contributed by atoms with Crippen molar-refractivity contribution >= 4 is 0 Å². The van der Waals surface area contributed by atoms with Crippen molar-refractivity contribution in [2.24, 2.45) is 0 Å². The van der Waals surface area contributed by atoms with Gasteiger partial charge in [0, 0.05) is 6.42 Å². The zero-order valence-corrected chi connectivity index (χ0v) is 12.6. The highest BCUT2D eigenvalue weighted by Gasteiger charge is 2.58. The molecule has 0 aromatic heterocycles. The minimum atomic E-state index is -0.178. The molecule has 0 bridgehead atoms. The minimum absolute atomic E-state index is 0.0895. The molecule has 2 fully saturated rings. The number of ether oxygens (including phenoxy) is 4. The van der Waals surface area contributed by atoms with Gasteiger partial charge in [-0.1, -0.05) is 18.2 Å². The number of hydrogen-bond acceptors (Lipinski definition) is 4. The molecule has 1 aromatic carbocycles. The normalized spacial score (nSPS) is 34.7. The predicted octanol–water partition coefficient (Wildman–Crippen LogP) is 2.71. The summed E-state index contributed by atoms with van der Waals surface area (Å²) in [5.41, 5.74) is 0.927. The molecule has 4 nitrogen and oxygen atoms in total. The van der Waals surface area contributed by atoms with Crippen LogP contribution in [0.2, 0.25) is 0 Å². The quantitative estimate of drug-likeness (QED) is 0.617. The molecule has 3 rings (SSSR count). The molecule has 1 aromatic rings. The second-order valence-electron chi connectivity index (χ2n) is 5.78. The summed E-state index contributed by atoms with van der Waals surface area (Å²) in [5.74, 6) is 0.847. The lowest BCUT2D eigenvalue weighted by Crippen LogP contribution is -2.50. The molecule has 2 saturated heterocycles. The molecular formula is C17H22O4. The largest absolute Gasteiger partial charge is 0.497 e. The van der Waals surface area contributed by atoms with Crippen LogP contribution >= 0.6 is 0 Å². The molecule has 4 atom stereocenters. The Morgan fingerprint density at radius 2 is 2.10 bits per heavy atom. The molecule has 2 aliphatic heterocycles. The zero-order chi connectivity index (χ0) is 14.9. The first kappa shape index (κ1) is 14.6. The lowest BCUT2D eigenvalue weighted by molar-refractivity contribution is -0.155. The average Bonchev–Trinajstić information content (AvgIpc) is 3.26. The third kappa shape index (κ3) is 2.98. The van der Waals surface area contributed by atoms with E-state index in [1.165, 1.54) is 0 Å². The lowest BCUT2D eigenvalue weighted by atomic mass is 9.89. The topological polar surface area (TPSA) is 40.2 Å². The van der Waals surface area contributed by atoms with Crippen molar-refractivity contribution in [3.05, 3.63) is 42.5 Å². The highest BCUT2D eigenvalue weighted by atomic mass is 16.6. The summed E-state index contributed by atoms with van der Waals surface area (Å²) in [6, 6.07) is 7.89. The van der Waals surface area contributed by atoms with Crippen molar-refractivity contribution in [3.63, 3.8) is 0 Å². The van der Waals surface area contributed by atoms with E-state index in [4.69, 9.17) is 18.9 Å². The summed E-state index contributed by atoms with van der Waals surface area (Å²) in [4.78, 5) is 0. The molecule has 0 N–H and O–H groups in total. The van der Waals surface area contributed by atoms with Crippen molar-refractivity contribution in [1.82, 2.24) is 0 Å². The van der Waals surface area contributed by atoms with Crippen molar-refractivity contribution in [2.75, 3.05) is 13.7 Å². The summed E-state index contributed by atoms with van der Waals surface area (Å²) < 4.78 is 22.9. The first-order valence-electron chi connectivity index (χ1n) is 7.33. The fourth-order valence-electron chi connectivity index (χ4n) is 3.00. The van der Waals surface area contributed by atoms with E-state index in [0.29, 0.717) is 6.61 Å². The molecule has 114 valence electrons. The maximum atomic E-state index is 6.11. The Hall–Kier alpha value is -1.36. The van der Waals surface area contributed by atoms with Gasteiger partial charge in [0.25, 0.3) is 0 Å². The van der Waals surface area contributed by atoms with Crippen LogP contribution in [0.5, 0.6) is 5.75 Å². The molecule has 2 aliphatic rings. The van der Waals surface area contributed by atoms with E-state index in [2.05, 4.69) is 13.5 Å². The van der Waals surface area contributed by atoms with E-state index in [1.807, 2.05) is 30.3 Å². The van der Waals surface area contributed by atoms with Gasteiger partial charge in [-0.15, -0.1) is 6.58 Å². The van der Waals surface area contributed by atoms with Crippen LogP contribution in [0.25, 0.3) is 0 Å². The van der Waals surface area contributed by atoms with Crippen LogP contribution in [0.4, 0.5) is 0 Å². The minimum Gasteiger partial charge on any atom is -0.497 e. The fraction of sp³-hybridized carbons (Fsp3) is 0.529. The van der Waals surface area contributed by atoms with Gasteiger partial charge < -0.3 is 18.9 Å². The molecule has 0 saturated carbocycles. The Kier molecular flexibility index (Phi) is 4.02. The smallest absolute Gasteiger partial charge is 0.123 e. The van der Waals surface area contributed by atoms with Crippen LogP contribution in [0.15, 0.2) is 36.9 Å². The van der Waals surface area contributed by atoms with Crippen molar-refractivity contribution in [2.45, 2.75) is 43.9 Å². The predicted molar refractivity (Wildman–Crippen MR) is 79.4 cm³/mol. The van der Waals surface area contributed by atoms with Gasteiger partial charge in [-0.3, -0.25) is 0 Å². The summed E-state index contributed by atoms with van der Waals surface area (Å²) in [6.07, 6.45) is 2.67. The first-order valence-corrected chi connectivity index (χ1v) is 7.33. The standard InChI is InChI=1S/C17H22O4/c1-4-15-16(17(11-20-17)9-12(2)21-15)19-10-13-5-7-14(18-3)8-6-13/h4-8,12,15-16H,1,9-11H2,2-3H3/t12-,15-,16-,17-/m1/s1. The van der Waals surface area contributed by atoms with Crippen LogP contribution in [-0.2, 0) is 20.8 Å². The summed E-state index contributed by atoms with van der Waals surface area (Å²) in [7, 11) is 1.66. The highest BCUT2D eigenvalue weighted by Crippen LogP contribution is 2.44. The first-order chi connectivity index (χ1) is 10.2. The van der Waals surface area contributed by atoms with Crippen LogP contribution in [0.1, 0.15) is 18.9 Å². The van der Waals surface area contributed by atoms with Gasteiger partial charge in [0.2, 0.25) is 0 Å². The Morgan fingerprint density at radius 3 is 2.67 bits per heavy atom. The highest BCUT2D eigenvalue weighted by molar-refractivity contribution is 5.26. The molecule has 1 spiro atoms. The number of hydrogen-bond donors (Lipinski definition) is 0. The van der Waals surface area contributed by atoms with Crippen molar-refractivity contribution in [1.29, 1.82) is 0 Å². The van der Waals surface area contributed by atoms with E-state index < -0.39 is 0 Å². The van der Waals surface area contributed by atoms with Gasteiger partial charge in [0.15, 0.2) is 0 Å². The van der Waals surface area contributed by atoms with Crippen LogP contribution in [0, 0.1) is 0 Å².